The molecule has 0 radical (unpaired) electrons. The fraction of sp³-hybridized carbons (Fsp3) is 0.235. The smallest absolute Gasteiger partial charge is 0.354 e. The molecule has 1 N–H and O–H groups in total. The number of halogens is 5. The molecule has 0 heterocycles. The number of anilines is 1. The first-order valence-electron chi connectivity index (χ1n) is 14.6. The molecular weight excluding hydrogens is 674 g/mol. The van der Waals surface area contributed by atoms with Crippen molar-refractivity contribution in [3.05, 3.63) is 130 Å². The number of carbonyl (C=O) groups is 2. The molecule has 0 fully saturated rings. The molecule has 0 saturated heterocycles. The minimum atomic E-state index is -4.91. The van der Waals surface area contributed by atoms with Crippen LogP contribution in [-0.4, -0.2) is 44.3 Å². The van der Waals surface area contributed by atoms with Crippen molar-refractivity contribution in [2.75, 3.05) is 17.4 Å². The van der Waals surface area contributed by atoms with Crippen LogP contribution in [0.4, 0.5) is 18.9 Å². The first-order chi connectivity index (χ1) is 22.3. The summed E-state index contributed by atoms with van der Waals surface area (Å²) in [6.45, 7) is 1.12. The third kappa shape index (κ3) is 9.27. The molecule has 1 atom stereocenters. The van der Waals surface area contributed by atoms with E-state index in [4.69, 9.17) is 23.2 Å². The Kier molecular flexibility index (Phi) is 11.9. The van der Waals surface area contributed by atoms with Crippen molar-refractivity contribution in [3.63, 3.8) is 0 Å². The summed E-state index contributed by atoms with van der Waals surface area (Å²) in [7, 11) is -4.60. The topological polar surface area (TPSA) is 86.8 Å². The van der Waals surface area contributed by atoms with Gasteiger partial charge >= 0.3 is 6.18 Å². The zero-order valence-electron chi connectivity index (χ0n) is 25.3. The SMILES string of the molecule is CCCNC(=O)[C@@H](Cc1ccccc1)N(Cc1cccc(Cl)c1)C(=O)CN(c1ccc(Cl)c(C(F)(F)F)c1)S(=O)(=O)c1ccccc1. The van der Waals surface area contributed by atoms with Crippen molar-refractivity contribution in [2.45, 2.75) is 43.4 Å². The van der Waals surface area contributed by atoms with E-state index in [1.54, 1.807) is 60.7 Å². The number of rotatable bonds is 13. The Morgan fingerprint density at radius 1 is 0.851 bits per heavy atom. The Balaban J connectivity index is 1.85. The van der Waals surface area contributed by atoms with Gasteiger partial charge in [0.05, 0.1) is 21.2 Å². The standard InChI is InChI=1S/C34H32Cl2F3N3O4S/c1-2-18-40-33(44)31(20-24-10-5-3-6-11-24)41(22-25-12-9-13-26(35)19-25)32(43)23-42(47(45,46)28-14-7-4-8-15-28)27-16-17-30(36)29(21-27)34(37,38)39/h3-17,19,21,31H,2,18,20,22-23H2,1H3,(H,40,44)/t31-/m1/s1. The number of amides is 2. The molecule has 13 heteroatoms. The van der Waals surface area contributed by atoms with E-state index in [2.05, 4.69) is 5.32 Å². The van der Waals surface area contributed by atoms with Crippen LogP contribution in [0.3, 0.4) is 0 Å². The zero-order valence-corrected chi connectivity index (χ0v) is 27.6. The van der Waals surface area contributed by atoms with Gasteiger partial charge in [-0.2, -0.15) is 13.2 Å². The van der Waals surface area contributed by atoms with E-state index >= 15 is 0 Å². The second-order valence-electron chi connectivity index (χ2n) is 10.6. The lowest BCUT2D eigenvalue weighted by Crippen LogP contribution is -2.53. The van der Waals surface area contributed by atoms with Gasteiger partial charge in [-0.15, -0.1) is 0 Å². The average molecular weight is 707 g/mol. The predicted molar refractivity (Wildman–Crippen MR) is 177 cm³/mol. The number of nitrogens with one attached hydrogen (secondary N) is 1. The van der Waals surface area contributed by atoms with Crippen molar-refractivity contribution in [2.24, 2.45) is 0 Å². The van der Waals surface area contributed by atoms with Gasteiger partial charge in [0.1, 0.15) is 12.6 Å². The molecule has 0 aliphatic rings. The van der Waals surface area contributed by atoms with Crippen LogP contribution in [0, 0.1) is 0 Å². The van der Waals surface area contributed by atoms with Crippen molar-refractivity contribution < 1.29 is 31.2 Å². The maximum absolute atomic E-state index is 14.4. The minimum Gasteiger partial charge on any atom is -0.354 e. The lowest BCUT2D eigenvalue weighted by molar-refractivity contribution is -0.140. The molecule has 2 amide bonds. The summed E-state index contributed by atoms with van der Waals surface area (Å²) in [4.78, 5) is 29.1. The summed E-state index contributed by atoms with van der Waals surface area (Å²) in [6, 6.07) is 24.1. The highest BCUT2D eigenvalue weighted by molar-refractivity contribution is 7.92. The molecular formula is C34H32Cl2F3N3O4S. The number of alkyl halides is 3. The van der Waals surface area contributed by atoms with Crippen molar-refractivity contribution in [3.8, 4) is 0 Å². The van der Waals surface area contributed by atoms with E-state index < -0.39 is 56.9 Å². The molecule has 4 aromatic rings. The highest BCUT2D eigenvalue weighted by Gasteiger charge is 2.37. The number of nitrogens with zero attached hydrogens (tertiary/aromatic N) is 2. The lowest BCUT2D eigenvalue weighted by atomic mass is 10.0. The molecule has 0 aliphatic carbocycles. The third-order valence-electron chi connectivity index (χ3n) is 7.22. The van der Waals surface area contributed by atoms with E-state index in [9.17, 15) is 31.2 Å². The monoisotopic (exact) mass is 705 g/mol. The Labute approximate surface area is 282 Å². The van der Waals surface area contributed by atoms with Gasteiger partial charge in [-0.1, -0.05) is 90.8 Å². The number of sulfonamides is 1. The van der Waals surface area contributed by atoms with Crippen molar-refractivity contribution in [1.29, 1.82) is 0 Å². The number of hydrogen-bond donors (Lipinski definition) is 1. The molecule has 0 bridgehead atoms. The van der Waals surface area contributed by atoms with Gasteiger partial charge in [-0.25, -0.2) is 8.42 Å². The van der Waals surface area contributed by atoms with Gasteiger partial charge in [0.25, 0.3) is 10.0 Å². The fourth-order valence-electron chi connectivity index (χ4n) is 4.89. The predicted octanol–water partition coefficient (Wildman–Crippen LogP) is 7.37. The first kappa shape index (κ1) is 35.8. The van der Waals surface area contributed by atoms with Gasteiger partial charge in [0.2, 0.25) is 11.8 Å². The van der Waals surface area contributed by atoms with E-state index in [0.29, 0.717) is 33.9 Å². The van der Waals surface area contributed by atoms with Crippen LogP contribution < -0.4 is 9.62 Å². The summed E-state index contributed by atoms with van der Waals surface area (Å²) < 4.78 is 70.3. The van der Waals surface area contributed by atoms with E-state index in [0.717, 1.165) is 17.7 Å². The van der Waals surface area contributed by atoms with Gasteiger partial charge < -0.3 is 10.2 Å². The third-order valence-corrected chi connectivity index (χ3v) is 9.57. The summed E-state index contributed by atoms with van der Waals surface area (Å²) in [5.41, 5.74) is -0.421. The average Bonchev–Trinajstić information content (AvgIpc) is 3.04. The van der Waals surface area contributed by atoms with Gasteiger partial charge in [0, 0.05) is 24.5 Å². The summed E-state index contributed by atoms with van der Waals surface area (Å²) in [6.07, 6.45) is -4.21. The number of carbonyl (C=O) groups excluding carboxylic acids is 2. The maximum Gasteiger partial charge on any atom is 0.417 e. The van der Waals surface area contributed by atoms with Crippen LogP contribution in [0.5, 0.6) is 0 Å². The van der Waals surface area contributed by atoms with E-state index in [1.807, 2.05) is 6.92 Å². The molecule has 0 aromatic heterocycles. The molecule has 7 nitrogen and oxygen atoms in total. The van der Waals surface area contributed by atoms with Crippen LogP contribution >= 0.6 is 23.2 Å². The zero-order chi connectivity index (χ0) is 34.2. The quantitative estimate of drug-likeness (QED) is 0.157. The molecule has 0 saturated carbocycles. The molecule has 4 rings (SSSR count). The normalized spacial score (nSPS) is 12.3. The molecule has 0 aliphatic heterocycles. The first-order valence-corrected chi connectivity index (χ1v) is 16.8. The molecule has 0 unspecified atom stereocenters. The van der Waals surface area contributed by atoms with Crippen LogP contribution in [-0.2, 0) is 38.8 Å². The molecule has 0 spiro atoms. The van der Waals surface area contributed by atoms with E-state index in [1.165, 1.54) is 29.2 Å². The lowest BCUT2D eigenvalue weighted by Gasteiger charge is -2.34. The van der Waals surface area contributed by atoms with Gasteiger partial charge in [-0.3, -0.25) is 13.9 Å². The van der Waals surface area contributed by atoms with Crippen LogP contribution in [0.2, 0.25) is 10.0 Å². The van der Waals surface area contributed by atoms with Crippen molar-refractivity contribution >= 4 is 50.7 Å². The molecule has 4 aromatic carbocycles. The molecule has 47 heavy (non-hydrogen) atoms. The largest absolute Gasteiger partial charge is 0.417 e. The van der Waals surface area contributed by atoms with Gasteiger partial charge in [0.15, 0.2) is 0 Å². The highest BCUT2D eigenvalue weighted by Crippen LogP contribution is 2.38. The summed E-state index contributed by atoms with van der Waals surface area (Å²) in [5, 5.41) is 2.56. The maximum atomic E-state index is 14.4. The van der Waals surface area contributed by atoms with Gasteiger partial charge in [-0.05, 0) is 60.0 Å². The second kappa shape index (κ2) is 15.7. The number of hydrogen-bond acceptors (Lipinski definition) is 4. The fourth-order valence-corrected chi connectivity index (χ4v) is 6.75. The Hall–Kier alpha value is -4.06. The van der Waals surface area contributed by atoms with Crippen LogP contribution in [0.15, 0.2) is 108 Å². The van der Waals surface area contributed by atoms with Crippen molar-refractivity contribution in [1.82, 2.24) is 10.2 Å². The molecule has 248 valence electrons. The van der Waals surface area contributed by atoms with Crippen LogP contribution in [0.25, 0.3) is 0 Å². The Bertz CT molecular complexity index is 1790. The summed E-state index contributed by atoms with van der Waals surface area (Å²) in [5.74, 6) is -1.31. The highest BCUT2D eigenvalue weighted by atomic mass is 35.5. The van der Waals surface area contributed by atoms with E-state index in [-0.39, 0.29) is 17.9 Å². The summed E-state index contributed by atoms with van der Waals surface area (Å²) >= 11 is 12.1. The minimum absolute atomic E-state index is 0.0767. The number of benzene rings is 4. The second-order valence-corrected chi connectivity index (χ2v) is 13.3. The Morgan fingerprint density at radius 2 is 1.49 bits per heavy atom. The van der Waals surface area contributed by atoms with Crippen LogP contribution in [0.1, 0.15) is 30.0 Å². The Morgan fingerprint density at radius 3 is 2.11 bits per heavy atom.